The van der Waals surface area contributed by atoms with Crippen LogP contribution in [0.3, 0.4) is 0 Å². The number of anilines is 1. The van der Waals surface area contributed by atoms with Gasteiger partial charge in [0.25, 0.3) is 0 Å². The van der Waals surface area contributed by atoms with Gasteiger partial charge in [-0.3, -0.25) is 42.1 Å². The number of thiol groups is 1. The number of thioether (sulfide) groups is 1. The van der Waals surface area contributed by atoms with E-state index in [-0.39, 0.29) is 53.9 Å². The molecular formula is C43H58N9O19P3S2. The van der Waals surface area contributed by atoms with E-state index >= 15 is 0 Å². The third-order valence-corrected chi connectivity index (χ3v) is 16.3. The van der Waals surface area contributed by atoms with Gasteiger partial charge in [0.15, 0.2) is 17.7 Å². The third kappa shape index (κ3) is 16.7. The van der Waals surface area contributed by atoms with Crippen LogP contribution < -0.4 is 21.7 Å². The Morgan fingerprint density at radius 3 is 2.26 bits per heavy atom. The van der Waals surface area contributed by atoms with Crippen molar-refractivity contribution in [3.63, 3.8) is 0 Å². The highest BCUT2D eigenvalue weighted by molar-refractivity contribution is 8.13. The van der Waals surface area contributed by atoms with Crippen LogP contribution in [-0.2, 0) is 66.7 Å². The van der Waals surface area contributed by atoms with Crippen molar-refractivity contribution < 1.29 is 90.1 Å². The molecule has 76 heavy (non-hydrogen) atoms. The fourth-order valence-corrected chi connectivity index (χ4v) is 12.0. The number of likely N-dealkylation sites (tertiary alicyclic amines) is 1. The first-order valence-corrected chi connectivity index (χ1v) is 29.2. The minimum atomic E-state index is -5.63. The van der Waals surface area contributed by atoms with Crippen molar-refractivity contribution in [2.75, 3.05) is 44.3 Å². The maximum absolute atomic E-state index is 13.7. The lowest BCUT2D eigenvalue weighted by atomic mass is 9.87. The van der Waals surface area contributed by atoms with E-state index < -0.39 is 114 Å². The zero-order valence-electron chi connectivity index (χ0n) is 40.6. The summed E-state index contributed by atoms with van der Waals surface area (Å²) in [5, 5.41) is 28.3. The molecule has 0 spiro atoms. The molecule has 28 nitrogen and oxygen atoms in total. The maximum Gasteiger partial charge on any atom is 0.481 e. The molecule has 0 saturated carbocycles. The first kappa shape index (κ1) is 60.5. The number of ether oxygens (including phenoxy) is 1. The van der Waals surface area contributed by atoms with E-state index in [9.17, 15) is 67.5 Å². The molecule has 4 aromatic rings. The fourth-order valence-electron chi connectivity index (χ4n) is 8.07. The van der Waals surface area contributed by atoms with Crippen LogP contribution in [0.25, 0.3) is 11.2 Å². The summed E-state index contributed by atoms with van der Waals surface area (Å²) in [7, 11) is -16.5. The summed E-state index contributed by atoms with van der Waals surface area (Å²) < 4.78 is 62.7. The number of aromatic nitrogens is 4. The first-order valence-electron chi connectivity index (χ1n) is 23.2. The predicted molar refractivity (Wildman–Crippen MR) is 272 cm³/mol. The van der Waals surface area contributed by atoms with Gasteiger partial charge < -0.3 is 61.1 Å². The molecular weight excluding hydrogens is 1100 g/mol. The van der Waals surface area contributed by atoms with Gasteiger partial charge in [-0.2, -0.15) is 16.9 Å². The normalized spacial score (nSPS) is 22.3. The van der Waals surface area contributed by atoms with Crippen molar-refractivity contribution >= 4 is 93.6 Å². The molecule has 4 amide bonds. The van der Waals surface area contributed by atoms with E-state index in [0.717, 1.165) is 40.1 Å². The molecule has 0 aliphatic carbocycles. The van der Waals surface area contributed by atoms with Crippen molar-refractivity contribution in [2.24, 2.45) is 5.41 Å². The summed E-state index contributed by atoms with van der Waals surface area (Å²) in [6.07, 6.45) is -5.98. The Labute approximate surface area is 444 Å². The van der Waals surface area contributed by atoms with Crippen LogP contribution in [0.2, 0.25) is 0 Å². The van der Waals surface area contributed by atoms with Gasteiger partial charge in [0.05, 0.1) is 37.4 Å². The third-order valence-electron chi connectivity index (χ3n) is 11.9. The zero-order valence-corrected chi connectivity index (χ0v) is 45.0. The number of aliphatic hydroxyl groups is 2. The molecule has 0 bridgehead atoms. The van der Waals surface area contributed by atoms with Crippen LogP contribution in [-0.4, -0.2) is 157 Å². The van der Waals surface area contributed by atoms with Gasteiger partial charge in [0.2, 0.25) is 28.7 Å². The van der Waals surface area contributed by atoms with Crippen LogP contribution in [0.15, 0.2) is 73.3 Å². The lowest BCUT2D eigenvalue weighted by Crippen LogP contribution is -2.47. The SMILES string of the molecule is CC(C)(COP(=O)(O)OP(=O)(O)OCC1OC(n2cnc3c(N)ncnc32)C(O)C1OP(=O)(O)O)C(O)C(=O)NCCC(=O)NCCSC(=O)C1CCC(c2ccccc2)N1C(=O)CNC(=O)C(S)Cc1ccccc1. The second kappa shape index (κ2) is 26.3. The van der Waals surface area contributed by atoms with E-state index in [0.29, 0.717) is 19.3 Å². The Kier molecular flexibility index (Phi) is 20.9. The van der Waals surface area contributed by atoms with Crippen molar-refractivity contribution in [1.82, 2.24) is 40.4 Å². The number of hydrogen-bond acceptors (Lipinski definition) is 21. The Balaban J connectivity index is 0.911. The second-order valence-electron chi connectivity index (χ2n) is 18.0. The molecule has 10 unspecified atom stereocenters. The monoisotopic (exact) mass is 1160 g/mol. The van der Waals surface area contributed by atoms with Gasteiger partial charge in [0.1, 0.15) is 42.3 Å². The molecule has 10 atom stereocenters. The average molecular weight is 1160 g/mol. The highest BCUT2D eigenvalue weighted by Crippen LogP contribution is 2.61. The zero-order chi connectivity index (χ0) is 55.6. The number of benzene rings is 2. The number of nitrogens with one attached hydrogen (secondary N) is 3. The number of hydrogen-bond donors (Lipinski definition) is 11. The smallest absolute Gasteiger partial charge is 0.386 e. The highest BCUT2D eigenvalue weighted by atomic mass is 32.2. The second-order valence-corrected chi connectivity index (χ2v) is 23.9. The van der Waals surface area contributed by atoms with Gasteiger partial charge in [-0.1, -0.05) is 86.3 Å². The molecule has 4 heterocycles. The number of aliphatic hydroxyl groups excluding tert-OH is 2. The summed E-state index contributed by atoms with van der Waals surface area (Å²) in [5.74, 6) is -2.35. The van der Waals surface area contributed by atoms with Crippen LogP contribution in [0.4, 0.5) is 5.82 Å². The van der Waals surface area contributed by atoms with Gasteiger partial charge in [-0.25, -0.2) is 28.6 Å². The predicted octanol–water partition coefficient (Wildman–Crippen LogP) is 1.05. The average Bonchev–Trinajstić information content (AvgIpc) is 4.09. The Bertz CT molecular complexity index is 2840. The van der Waals surface area contributed by atoms with E-state index in [1.807, 2.05) is 60.7 Å². The van der Waals surface area contributed by atoms with Crippen molar-refractivity contribution in [2.45, 2.75) is 87.5 Å². The molecule has 2 saturated heterocycles. The summed E-state index contributed by atoms with van der Waals surface area (Å²) in [4.78, 5) is 119. The highest BCUT2D eigenvalue weighted by Gasteiger charge is 2.50. The molecule has 33 heteroatoms. The lowest BCUT2D eigenvalue weighted by molar-refractivity contribution is -0.137. The summed E-state index contributed by atoms with van der Waals surface area (Å²) in [5.41, 5.74) is 5.93. The standard InChI is InChI=1S/C43H58N9O19P3S2/c1-43(2,22-68-74(65,66)71-73(63,64)67-21-29-35(70-72(60,61)62)34(55)41(69-29)51-24-50-33-37(44)48-23-49-38(33)51)36(56)40(58)46-16-15-31(53)45-17-18-76-42(59)28-14-13-27(26-11-7-4-8-12-26)52(28)32(54)20-47-39(57)30(75)19-25-9-5-3-6-10-25/h3-12,23-24,27-30,34-36,41,55-56,75H,13-22H2,1-2H3,(H,45,53)(H,46,58)(H,47,57)(H,63,64)(H,65,66)(H2,44,48,49)(H2,60,61,62). The Morgan fingerprint density at radius 2 is 1.58 bits per heavy atom. The largest absolute Gasteiger partial charge is 0.481 e. The molecule has 2 fully saturated rings. The summed E-state index contributed by atoms with van der Waals surface area (Å²) >= 11 is 5.35. The van der Waals surface area contributed by atoms with Crippen LogP contribution >= 0.6 is 47.9 Å². The van der Waals surface area contributed by atoms with Crippen LogP contribution in [0.5, 0.6) is 0 Å². The van der Waals surface area contributed by atoms with Gasteiger partial charge in [-0.05, 0) is 30.4 Å². The van der Waals surface area contributed by atoms with Crippen molar-refractivity contribution in [1.29, 1.82) is 0 Å². The first-order chi connectivity index (χ1) is 35.8. The van der Waals surface area contributed by atoms with Crippen LogP contribution in [0, 0.1) is 5.41 Å². The number of imidazole rings is 1. The number of phosphoric acid groups is 3. The van der Waals surface area contributed by atoms with E-state index in [1.54, 1.807) is 0 Å². The molecule has 0 radical (unpaired) electrons. The van der Waals surface area contributed by atoms with Crippen molar-refractivity contribution in [3.8, 4) is 0 Å². The number of nitrogens with two attached hydrogens (primary N) is 1. The number of amides is 4. The topological polar surface area (TPSA) is 413 Å². The number of fused-ring (bicyclic) bond motifs is 1. The Hall–Kier alpha value is -4.71. The van der Waals surface area contributed by atoms with E-state index in [2.05, 4.69) is 52.4 Å². The molecule has 6 rings (SSSR count). The van der Waals surface area contributed by atoms with E-state index in [1.165, 1.54) is 18.7 Å². The van der Waals surface area contributed by atoms with Gasteiger partial charge >= 0.3 is 23.5 Å². The summed E-state index contributed by atoms with van der Waals surface area (Å²) in [6.45, 7) is -0.215. The molecule has 2 aromatic carbocycles. The fraction of sp³-hybridized carbons (Fsp3) is 0.488. The number of nitrogens with zero attached hydrogens (tertiary/aromatic N) is 5. The van der Waals surface area contributed by atoms with Crippen LogP contribution in [0.1, 0.15) is 56.5 Å². The molecule has 11 N–H and O–H groups in total. The Morgan fingerprint density at radius 1 is 0.908 bits per heavy atom. The van der Waals surface area contributed by atoms with Gasteiger partial charge in [0, 0.05) is 30.7 Å². The van der Waals surface area contributed by atoms with Crippen molar-refractivity contribution in [3.05, 3.63) is 84.4 Å². The molecule has 416 valence electrons. The number of carbonyl (C=O) groups is 5. The number of phosphoric ester groups is 3. The quantitative estimate of drug-likeness (QED) is 0.0238. The van der Waals surface area contributed by atoms with E-state index in [4.69, 9.17) is 19.5 Å². The lowest BCUT2D eigenvalue weighted by Gasteiger charge is -2.30. The summed E-state index contributed by atoms with van der Waals surface area (Å²) in [6, 6.07) is 17.3. The minimum Gasteiger partial charge on any atom is -0.386 e. The number of carbonyl (C=O) groups excluding carboxylic acids is 5. The molecule has 2 aromatic heterocycles. The molecule has 2 aliphatic rings. The minimum absolute atomic E-state index is 0.0151. The number of nitrogen functional groups attached to an aromatic ring is 1. The number of rotatable bonds is 26. The van der Waals surface area contributed by atoms with Gasteiger partial charge in [-0.15, -0.1) is 0 Å². The maximum atomic E-state index is 13.7. The molecule has 2 aliphatic heterocycles.